The van der Waals surface area contributed by atoms with Gasteiger partial charge >= 0.3 is 0 Å². The molecule has 188 valence electrons. The van der Waals surface area contributed by atoms with Crippen LogP contribution < -0.4 is 4.74 Å². The highest BCUT2D eigenvalue weighted by atomic mass is 19.1. The molecule has 1 aromatic carbocycles. The highest BCUT2D eigenvalue weighted by molar-refractivity contribution is 5.81. The maximum absolute atomic E-state index is 14.0. The van der Waals surface area contributed by atoms with E-state index in [2.05, 4.69) is 26.0 Å². The number of hydrogen-bond donors (Lipinski definition) is 1. The van der Waals surface area contributed by atoms with Crippen molar-refractivity contribution in [2.75, 3.05) is 0 Å². The highest BCUT2D eigenvalue weighted by Crippen LogP contribution is 2.37. The van der Waals surface area contributed by atoms with Crippen LogP contribution in [0, 0.1) is 43.7 Å². The molecule has 3 heterocycles. The van der Waals surface area contributed by atoms with E-state index in [0.717, 1.165) is 34.5 Å². The van der Waals surface area contributed by atoms with Crippen LogP contribution in [0.5, 0.6) is 5.75 Å². The van der Waals surface area contributed by atoms with Gasteiger partial charge in [0.05, 0.1) is 23.1 Å². The molecule has 37 heavy (non-hydrogen) atoms. The number of hydrogen-bond acceptors (Lipinski definition) is 7. The van der Waals surface area contributed by atoms with Crippen molar-refractivity contribution in [2.24, 2.45) is 0 Å². The van der Waals surface area contributed by atoms with Gasteiger partial charge in [0.15, 0.2) is 11.6 Å². The molecule has 4 rings (SSSR count). The van der Waals surface area contributed by atoms with Gasteiger partial charge in [-0.25, -0.2) is 18.7 Å². The summed E-state index contributed by atoms with van der Waals surface area (Å²) < 4.78 is 33.0. The smallest absolute Gasteiger partial charge is 0.160 e. The fourth-order valence-corrected chi connectivity index (χ4v) is 3.95. The third kappa shape index (κ3) is 5.29. The lowest BCUT2D eigenvalue weighted by molar-refractivity contribution is 0.0688. The van der Waals surface area contributed by atoms with Crippen LogP contribution in [0.15, 0.2) is 42.9 Å². The minimum Gasteiger partial charge on any atom is -0.487 e. The van der Waals surface area contributed by atoms with Crippen LogP contribution in [-0.2, 0) is 12.2 Å². The first-order valence-corrected chi connectivity index (χ1v) is 11.5. The summed E-state index contributed by atoms with van der Waals surface area (Å²) in [7, 11) is 0. The first-order chi connectivity index (χ1) is 17.5. The van der Waals surface area contributed by atoms with E-state index < -0.39 is 17.2 Å². The predicted molar refractivity (Wildman–Crippen MR) is 133 cm³/mol. The summed E-state index contributed by atoms with van der Waals surface area (Å²) in [6.07, 6.45) is 4.20. The van der Waals surface area contributed by atoms with Crippen molar-refractivity contribution >= 4 is 0 Å². The van der Waals surface area contributed by atoms with Crippen molar-refractivity contribution in [3.63, 3.8) is 0 Å². The second-order valence-corrected chi connectivity index (χ2v) is 9.26. The summed E-state index contributed by atoms with van der Waals surface area (Å²) >= 11 is 0. The van der Waals surface area contributed by atoms with Crippen molar-refractivity contribution in [3.05, 3.63) is 88.3 Å². The summed E-state index contributed by atoms with van der Waals surface area (Å²) in [6, 6.07) is 8.37. The molecule has 0 unspecified atom stereocenters. The van der Waals surface area contributed by atoms with E-state index in [4.69, 9.17) is 4.74 Å². The van der Waals surface area contributed by atoms with Crippen LogP contribution in [0.3, 0.4) is 0 Å². The van der Waals surface area contributed by atoms with E-state index >= 15 is 0 Å². The van der Waals surface area contributed by atoms with Gasteiger partial charge in [-0.3, -0.25) is 9.97 Å². The predicted octanol–water partition coefficient (Wildman–Crippen LogP) is 5.48. The van der Waals surface area contributed by atoms with Crippen LogP contribution in [-0.4, -0.2) is 25.0 Å². The molecule has 0 amide bonds. The molecule has 0 fully saturated rings. The summed E-state index contributed by atoms with van der Waals surface area (Å²) in [5, 5.41) is 20.4. The Hall–Kier alpha value is -4.29. The lowest BCUT2D eigenvalue weighted by Crippen LogP contribution is -2.19. The molecule has 4 aromatic rings. The molecule has 0 radical (unpaired) electrons. The number of pyridine rings is 2. The number of ether oxygens (including phenoxy) is 1. The summed E-state index contributed by atoms with van der Waals surface area (Å²) in [5.41, 5.74) is 3.97. The van der Waals surface area contributed by atoms with E-state index in [1.54, 1.807) is 45.3 Å². The first kappa shape index (κ1) is 25.8. The van der Waals surface area contributed by atoms with Crippen molar-refractivity contribution in [1.29, 1.82) is 5.26 Å². The summed E-state index contributed by atoms with van der Waals surface area (Å²) in [5.74, 6) is -0.897. The zero-order valence-corrected chi connectivity index (χ0v) is 21.1. The molecule has 9 heteroatoms. The normalized spacial score (nSPS) is 11.3. The van der Waals surface area contributed by atoms with E-state index in [0.29, 0.717) is 28.3 Å². The number of aryl methyl sites for hydroxylation is 2. The van der Waals surface area contributed by atoms with E-state index in [9.17, 15) is 19.1 Å². The van der Waals surface area contributed by atoms with E-state index in [1.165, 1.54) is 0 Å². The quantitative estimate of drug-likeness (QED) is 0.373. The number of nitrogens with zero attached hydrogens (tertiary/aromatic N) is 5. The topological polar surface area (TPSA) is 105 Å². The van der Waals surface area contributed by atoms with Gasteiger partial charge < -0.3 is 9.84 Å². The van der Waals surface area contributed by atoms with Crippen molar-refractivity contribution in [1.82, 2.24) is 19.9 Å². The van der Waals surface area contributed by atoms with Gasteiger partial charge in [-0.15, -0.1) is 0 Å². The molecule has 0 bridgehead atoms. The van der Waals surface area contributed by atoms with Gasteiger partial charge in [-0.1, -0.05) is 0 Å². The lowest BCUT2D eigenvalue weighted by Gasteiger charge is -2.18. The number of aliphatic hydroxyl groups is 1. The SMILES string of the molecule is Cc1cnc(-c2ccnc(C(C)(C)O)n2)cc1-c1c(C)cc(OCc2ncc(F)cc2F)c(C)c1C#N. The number of rotatable bonds is 6. The van der Waals surface area contributed by atoms with Gasteiger partial charge in [0.25, 0.3) is 0 Å². The maximum atomic E-state index is 14.0. The Labute approximate surface area is 213 Å². The Morgan fingerprint density at radius 1 is 1.00 bits per heavy atom. The fraction of sp³-hybridized carbons (Fsp3) is 0.250. The Kier molecular flexibility index (Phi) is 6.96. The number of aromatic nitrogens is 4. The van der Waals surface area contributed by atoms with Gasteiger partial charge in [0, 0.05) is 29.6 Å². The minimum absolute atomic E-state index is 0.0362. The summed E-state index contributed by atoms with van der Waals surface area (Å²) in [4.78, 5) is 16.9. The van der Waals surface area contributed by atoms with Crippen LogP contribution in [0.2, 0.25) is 0 Å². The van der Waals surface area contributed by atoms with Crippen LogP contribution >= 0.6 is 0 Å². The lowest BCUT2D eigenvalue weighted by atomic mass is 9.89. The second kappa shape index (κ2) is 9.99. The van der Waals surface area contributed by atoms with Crippen molar-refractivity contribution < 1.29 is 18.6 Å². The Morgan fingerprint density at radius 3 is 2.43 bits per heavy atom. The Balaban J connectivity index is 1.76. The molecule has 3 aromatic heterocycles. The number of benzene rings is 1. The highest BCUT2D eigenvalue weighted by Gasteiger charge is 2.22. The first-order valence-electron chi connectivity index (χ1n) is 11.5. The zero-order valence-electron chi connectivity index (χ0n) is 21.1. The third-order valence-electron chi connectivity index (χ3n) is 5.93. The van der Waals surface area contributed by atoms with Gasteiger partial charge in [0.1, 0.15) is 35.5 Å². The molecule has 0 aliphatic rings. The maximum Gasteiger partial charge on any atom is 0.160 e. The average molecular weight is 502 g/mol. The molecular weight excluding hydrogens is 476 g/mol. The molecule has 0 atom stereocenters. The minimum atomic E-state index is -1.21. The molecule has 0 saturated carbocycles. The third-order valence-corrected chi connectivity index (χ3v) is 5.93. The monoisotopic (exact) mass is 501 g/mol. The fourth-order valence-electron chi connectivity index (χ4n) is 3.95. The molecule has 1 N–H and O–H groups in total. The molecule has 0 saturated heterocycles. The average Bonchev–Trinajstić information content (AvgIpc) is 2.85. The van der Waals surface area contributed by atoms with Gasteiger partial charge in [0.2, 0.25) is 0 Å². The Morgan fingerprint density at radius 2 is 1.76 bits per heavy atom. The Bertz CT molecular complexity index is 1540. The standard InChI is InChI=1S/C28H25F2N5O2/c1-15-8-25(37-14-24-21(30)9-18(29)13-34-24)17(3)20(11-31)26(15)19-10-23(33-12-16(19)2)22-6-7-32-27(35-22)28(4,5)36/h6-10,12-13,36H,14H2,1-5H3. The van der Waals surface area contributed by atoms with Gasteiger partial charge in [-0.05, 0) is 69.5 Å². The molecule has 0 aliphatic carbocycles. The van der Waals surface area contributed by atoms with Crippen LogP contribution in [0.1, 0.15) is 47.6 Å². The number of halogens is 2. The van der Waals surface area contributed by atoms with Gasteiger partial charge in [-0.2, -0.15) is 5.26 Å². The molecule has 0 aliphatic heterocycles. The van der Waals surface area contributed by atoms with Crippen LogP contribution in [0.25, 0.3) is 22.5 Å². The number of nitriles is 1. The second-order valence-electron chi connectivity index (χ2n) is 9.26. The summed E-state index contributed by atoms with van der Waals surface area (Å²) in [6.45, 7) is 8.51. The molecule has 0 spiro atoms. The van der Waals surface area contributed by atoms with E-state index in [1.807, 2.05) is 19.9 Å². The zero-order chi connectivity index (χ0) is 26.9. The molecular formula is C28H25F2N5O2. The molecule has 7 nitrogen and oxygen atoms in total. The largest absolute Gasteiger partial charge is 0.487 e. The van der Waals surface area contributed by atoms with Crippen LogP contribution in [0.4, 0.5) is 8.78 Å². The van der Waals surface area contributed by atoms with E-state index in [-0.39, 0.29) is 18.1 Å². The van der Waals surface area contributed by atoms with Crippen molar-refractivity contribution in [2.45, 2.75) is 46.8 Å². The van der Waals surface area contributed by atoms with Crippen molar-refractivity contribution in [3.8, 4) is 34.3 Å².